The molecule has 2 saturated carbocycles. The van der Waals surface area contributed by atoms with Crippen molar-refractivity contribution in [2.24, 2.45) is 5.92 Å². The normalized spacial score (nSPS) is 29.5. The molecule has 6 rings (SSSR count). The van der Waals surface area contributed by atoms with Gasteiger partial charge in [0.1, 0.15) is 40.9 Å². The summed E-state index contributed by atoms with van der Waals surface area (Å²) in [5, 5.41) is 6.35. The zero-order valence-corrected chi connectivity index (χ0v) is 33.1. The first-order valence-electron chi connectivity index (χ1n) is 18.8. The molecule has 1 saturated heterocycles. The van der Waals surface area contributed by atoms with E-state index in [1.807, 2.05) is 4.72 Å². The molecule has 312 valence electrons. The predicted molar refractivity (Wildman–Crippen MR) is 199 cm³/mol. The number of allylic oxidation sites excluding steroid dienone is 1. The van der Waals surface area contributed by atoms with E-state index in [-0.39, 0.29) is 38.1 Å². The number of sulfonamides is 1. The fourth-order valence-corrected chi connectivity index (χ4v) is 8.68. The zero-order valence-electron chi connectivity index (χ0n) is 32.3. The minimum Gasteiger partial charge on any atom is -0.494 e. The Bertz CT molecular complexity index is 2030. The molecule has 2 aliphatic heterocycles. The van der Waals surface area contributed by atoms with E-state index in [9.17, 15) is 40.8 Å². The number of fused-ring (bicyclic) bond motifs is 3. The van der Waals surface area contributed by atoms with Crippen LogP contribution in [0.1, 0.15) is 66.2 Å². The zero-order chi connectivity index (χ0) is 41.5. The average Bonchev–Trinajstić information content (AvgIpc) is 4.06. The van der Waals surface area contributed by atoms with E-state index in [2.05, 4.69) is 15.6 Å². The molecular formula is C38H48F3N5O10S. The molecule has 2 aromatic rings. The molecule has 3 fully saturated rings. The summed E-state index contributed by atoms with van der Waals surface area (Å²) in [6, 6.07) is 4.19. The van der Waals surface area contributed by atoms with Crippen LogP contribution in [-0.2, 0) is 33.9 Å². The van der Waals surface area contributed by atoms with E-state index >= 15 is 0 Å². The fraction of sp³-hybridized carbons (Fsp3) is 0.605. The van der Waals surface area contributed by atoms with Gasteiger partial charge in [-0.25, -0.2) is 31.4 Å². The quantitative estimate of drug-likeness (QED) is 0.296. The van der Waals surface area contributed by atoms with Gasteiger partial charge in [0.05, 0.1) is 32.1 Å². The highest BCUT2D eigenvalue weighted by Crippen LogP contribution is 2.48. The van der Waals surface area contributed by atoms with Gasteiger partial charge in [0.15, 0.2) is 5.60 Å². The molecule has 1 aromatic heterocycles. The van der Waals surface area contributed by atoms with E-state index < -0.39 is 99.1 Å². The number of carbonyl (C=O) groups is 4. The van der Waals surface area contributed by atoms with Gasteiger partial charge in [0.2, 0.25) is 27.7 Å². The first-order valence-corrected chi connectivity index (χ1v) is 20.3. The number of amides is 4. The number of alkyl carbamates (subject to hydrolysis) is 1. The van der Waals surface area contributed by atoms with Crippen molar-refractivity contribution in [3.8, 4) is 11.6 Å². The number of ether oxygens (including phenoxy) is 4. The molecule has 2 aliphatic carbocycles. The average molecular weight is 824 g/mol. The van der Waals surface area contributed by atoms with Crippen molar-refractivity contribution in [3.63, 3.8) is 0 Å². The van der Waals surface area contributed by atoms with E-state index in [0.29, 0.717) is 29.4 Å². The molecule has 3 N–H and O–H groups in total. The number of rotatable bonds is 10. The van der Waals surface area contributed by atoms with Gasteiger partial charge < -0.3 is 34.5 Å². The van der Waals surface area contributed by atoms with Gasteiger partial charge in [-0.05, 0) is 65.9 Å². The van der Waals surface area contributed by atoms with Crippen LogP contribution in [0.2, 0.25) is 0 Å². The van der Waals surface area contributed by atoms with Crippen molar-refractivity contribution in [1.82, 2.24) is 25.2 Å². The van der Waals surface area contributed by atoms with Crippen LogP contribution < -0.4 is 24.8 Å². The number of benzene rings is 1. The van der Waals surface area contributed by atoms with Gasteiger partial charge >= 0.3 is 6.09 Å². The molecule has 4 aliphatic rings. The van der Waals surface area contributed by atoms with Crippen molar-refractivity contribution in [2.75, 3.05) is 20.3 Å². The second-order valence-corrected chi connectivity index (χ2v) is 17.8. The van der Waals surface area contributed by atoms with Gasteiger partial charge in [-0.2, -0.15) is 0 Å². The Morgan fingerprint density at radius 1 is 1.16 bits per heavy atom. The monoisotopic (exact) mass is 823 g/mol. The smallest absolute Gasteiger partial charge is 0.408 e. The van der Waals surface area contributed by atoms with Crippen LogP contribution in [-0.4, -0.2) is 115 Å². The summed E-state index contributed by atoms with van der Waals surface area (Å²) in [6.07, 6.45) is -1.19. The molecule has 3 heterocycles. The van der Waals surface area contributed by atoms with Crippen molar-refractivity contribution in [1.29, 1.82) is 0 Å². The molecule has 0 spiro atoms. The third-order valence-electron chi connectivity index (χ3n) is 11.1. The number of carbonyl (C=O) groups excluding carboxylic acids is 4. The Labute approximate surface area is 328 Å². The lowest BCUT2D eigenvalue weighted by molar-refractivity contribution is -0.145. The molecule has 7 atom stereocenters. The van der Waals surface area contributed by atoms with Crippen LogP contribution in [0.4, 0.5) is 18.0 Å². The summed E-state index contributed by atoms with van der Waals surface area (Å²) >= 11 is 0. The number of hydrogen-bond donors (Lipinski definition) is 3. The molecule has 1 aromatic carbocycles. The summed E-state index contributed by atoms with van der Waals surface area (Å²) < 4.78 is 90.7. The number of alkyl halides is 3. The minimum absolute atomic E-state index is 0.0145. The highest BCUT2D eigenvalue weighted by Gasteiger charge is 2.64. The van der Waals surface area contributed by atoms with E-state index in [4.69, 9.17) is 18.9 Å². The van der Waals surface area contributed by atoms with Gasteiger partial charge in [0.25, 0.3) is 12.3 Å². The Morgan fingerprint density at radius 3 is 2.51 bits per heavy atom. The first-order chi connectivity index (χ1) is 26.9. The Balaban J connectivity index is 1.35. The molecular weight excluding hydrogens is 776 g/mol. The van der Waals surface area contributed by atoms with Crippen molar-refractivity contribution in [3.05, 3.63) is 42.6 Å². The number of methoxy groups -OCH3 is 1. The third kappa shape index (κ3) is 8.49. The molecule has 15 nitrogen and oxygen atoms in total. The maximum absolute atomic E-state index is 14.7. The highest BCUT2D eigenvalue weighted by molar-refractivity contribution is 7.91. The predicted octanol–water partition coefficient (Wildman–Crippen LogP) is 3.70. The van der Waals surface area contributed by atoms with Crippen LogP contribution in [0.3, 0.4) is 0 Å². The van der Waals surface area contributed by atoms with Gasteiger partial charge in [-0.3, -0.25) is 19.1 Å². The van der Waals surface area contributed by atoms with Crippen LogP contribution in [0.5, 0.6) is 11.6 Å². The lowest BCUT2D eigenvalue weighted by Gasteiger charge is -2.33. The maximum atomic E-state index is 14.7. The number of aromatic nitrogens is 1. The van der Waals surface area contributed by atoms with Crippen LogP contribution in [0.15, 0.2) is 42.6 Å². The Morgan fingerprint density at radius 2 is 1.86 bits per heavy atom. The number of hydrogen-bond acceptors (Lipinski definition) is 11. The van der Waals surface area contributed by atoms with Crippen LogP contribution in [0, 0.1) is 5.92 Å². The largest absolute Gasteiger partial charge is 0.494 e. The fourth-order valence-electron chi connectivity index (χ4n) is 7.25. The summed E-state index contributed by atoms with van der Waals surface area (Å²) in [5.74, 6) is -2.73. The van der Waals surface area contributed by atoms with Crippen LogP contribution in [0.25, 0.3) is 10.8 Å². The number of nitrogens with zero attached hydrogens (tertiary/aromatic N) is 2. The number of nitrogens with one attached hydrogen (secondary N) is 3. The molecule has 0 radical (unpaired) electrons. The summed E-state index contributed by atoms with van der Waals surface area (Å²) in [6.45, 7) is 3.84. The lowest BCUT2D eigenvalue weighted by atomic mass is 10.1. The molecule has 57 heavy (non-hydrogen) atoms. The molecule has 0 bridgehead atoms. The second kappa shape index (κ2) is 15.9. The number of halogens is 3. The Hall–Kier alpha value is -4.65. The molecule has 0 unspecified atom stereocenters. The maximum Gasteiger partial charge on any atom is 0.408 e. The summed E-state index contributed by atoms with van der Waals surface area (Å²) in [5.41, 5.74) is -3.97. The second-order valence-electron chi connectivity index (χ2n) is 15.8. The summed E-state index contributed by atoms with van der Waals surface area (Å²) in [4.78, 5) is 61.6. The number of pyridine rings is 1. The third-order valence-corrected chi connectivity index (χ3v) is 13.2. The van der Waals surface area contributed by atoms with E-state index in [1.165, 1.54) is 20.2 Å². The molecule has 19 heteroatoms. The standard InChI is InChI=1S/C38H48F3N5O10S/c1-21-10-6-7-11-23-17-38(23,34(49)45-57(51,52)37(20-39)14-15-37)44-30(47)27-16-24(55-31-26-13-9-8-12-25(26)28(53-5)18-42-31)19-46(27)32(48)29(22(2)54-21)43-35(50)56-36(3,4)33(40)41/h7-9,11-13,18,21-24,27,29,33H,6,10,14-17,19-20H2,1-5H3,(H,43,50)(H,44,47)(H,45,49)/b11-7-/t21-,22+,23-,24-,27+,29+,38-/m1/s1. The van der Waals surface area contributed by atoms with Gasteiger partial charge in [0, 0.05) is 23.1 Å². The van der Waals surface area contributed by atoms with Crippen LogP contribution >= 0.6 is 0 Å². The van der Waals surface area contributed by atoms with Gasteiger partial charge in [-0.1, -0.05) is 30.4 Å². The van der Waals surface area contributed by atoms with Crippen molar-refractivity contribution >= 4 is 44.6 Å². The SMILES string of the molecule is COc1cnc(O[C@@H]2C[C@H]3C(=O)N[C@]4(C(=O)NS(=O)(=O)C5(CF)CC5)C[C@H]4/C=C\CC[C@@H](C)O[C@@H](C)[C@H](NC(=O)OC(C)(C)C(F)F)C(=O)N3C2)c2ccccc12. The minimum atomic E-state index is -4.45. The molecule has 4 amide bonds. The van der Waals surface area contributed by atoms with Crippen molar-refractivity contribution in [2.45, 2.75) is 119 Å². The first kappa shape index (κ1) is 42.0. The van der Waals surface area contributed by atoms with E-state index in [0.717, 1.165) is 18.7 Å². The van der Waals surface area contributed by atoms with Crippen molar-refractivity contribution < 1.29 is 59.7 Å². The summed E-state index contributed by atoms with van der Waals surface area (Å²) in [7, 11) is -2.96. The van der Waals surface area contributed by atoms with Gasteiger partial charge in [-0.15, -0.1) is 0 Å². The lowest BCUT2D eigenvalue weighted by Crippen LogP contribution is -2.60. The highest BCUT2D eigenvalue weighted by atomic mass is 32.2. The Kier molecular flexibility index (Phi) is 11.7. The topological polar surface area (TPSA) is 192 Å². The van der Waals surface area contributed by atoms with E-state index in [1.54, 1.807) is 43.3 Å².